The number of carbonyl (C=O) groups is 1. The summed E-state index contributed by atoms with van der Waals surface area (Å²) >= 11 is 1.84. The first-order chi connectivity index (χ1) is 13.2. The molecule has 2 aliphatic carbocycles. The number of alkyl halides is 3. The van der Waals surface area contributed by atoms with Crippen LogP contribution in [0.4, 0.5) is 13.2 Å². The van der Waals surface area contributed by atoms with E-state index >= 15 is 0 Å². The van der Waals surface area contributed by atoms with E-state index < -0.39 is 15.6 Å². The van der Waals surface area contributed by atoms with Crippen molar-refractivity contribution in [3.63, 3.8) is 0 Å². The van der Waals surface area contributed by atoms with Crippen molar-refractivity contribution in [3.8, 4) is 0 Å². The Bertz CT molecular complexity index is 647. The maximum absolute atomic E-state index is 10.7. The topological polar surface area (TPSA) is 71.4 Å². The summed E-state index contributed by atoms with van der Waals surface area (Å²) in [4.78, 5) is 12.0. The van der Waals surface area contributed by atoms with Crippen LogP contribution >= 0.6 is 11.3 Å². The van der Waals surface area contributed by atoms with E-state index in [0.29, 0.717) is 6.42 Å². The van der Waals surface area contributed by atoms with Crippen LogP contribution in [0.15, 0.2) is 11.4 Å². The third-order valence-electron chi connectivity index (χ3n) is 4.85. The van der Waals surface area contributed by atoms with Crippen molar-refractivity contribution in [2.75, 3.05) is 0 Å². The fourth-order valence-corrected chi connectivity index (χ4v) is 4.50. The summed E-state index contributed by atoms with van der Waals surface area (Å²) in [5.41, 5.74) is -4.26. The normalized spacial score (nSPS) is 18.3. The van der Waals surface area contributed by atoms with E-state index in [0.717, 1.165) is 12.2 Å². The molecule has 1 aromatic rings. The molecule has 28 heavy (non-hydrogen) atoms. The largest absolute Gasteiger partial charge is 0.522 e. The molecule has 1 N–H and O–H groups in total. The molecule has 1 heterocycles. The molecule has 1 aromatic heterocycles. The predicted octanol–water partition coefficient (Wildman–Crippen LogP) is 6.27. The Morgan fingerprint density at radius 1 is 1.00 bits per heavy atom. The van der Waals surface area contributed by atoms with Crippen LogP contribution in [0.5, 0.6) is 0 Å². The number of hydrogen-bond acceptors (Lipinski definition) is 4. The highest BCUT2D eigenvalue weighted by Gasteiger charge is 2.44. The number of carbonyl (C=O) groups excluding carboxylic acids is 1. The number of halogens is 3. The van der Waals surface area contributed by atoms with Crippen molar-refractivity contribution in [2.24, 2.45) is 0 Å². The van der Waals surface area contributed by atoms with Gasteiger partial charge in [0.25, 0.3) is 0 Å². The number of aldehydes is 1. The Balaban J connectivity index is 0.000000237. The second-order valence-corrected chi connectivity index (χ2v) is 9.42. The molecular weight excluding hydrogens is 413 g/mol. The van der Waals surface area contributed by atoms with Gasteiger partial charge in [-0.3, -0.25) is 4.55 Å². The van der Waals surface area contributed by atoms with Crippen LogP contribution in [0, 0.1) is 0 Å². The third kappa shape index (κ3) is 9.52. The lowest BCUT2D eigenvalue weighted by atomic mass is 9.86. The Hall–Kier alpha value is -0.930. The van der Waals surface area contributed by atoms with Crippen LogP contribution in [0.2, 0.25) is 0 Å². The van der Waals surface area contributed by atoms with Crippen molar-refractivity contribution in [2.45, 2.75) is 88.5 Å². The van der Waals surface area contributed by atoms with Gasteiger partial charge >= 0.3 is 15.6 Å². The molecule has 3 rings (SSSR count). The average Bonchev–Trinajstić information content (AvgIpc) is 3.12. The summed E-state index contributed by atoms with van der Waals surface area (Å²) in [5, 5.41) is 2.13. The lowest BCUT2D eigenvalue weighted by Crippen LogP contribution is -2.21. The zero-order valence-electron chi connectivity index (χ0n) is 15.9. The Morgan fingerprint density at radius 3 is 1.82 bits per heavy atom. The van der Waals surface area contributed by atoms with Crippen LogP contribution in [-0.4, -0.2) is 24.8 Å². The lowest BCUT2D eigenvalue weighted by Gasteiger charge is -2.21. The minimum atomic E-state index is -5.84. The van der Waals surface area contributed by atoms with Crippen molar-refractivity contribution in [1.29, 1.82) is 0 Å². The summed E-state index contributed by atoms with van der Waals surface area (Å²) in [6, 6.07) is 2.11. The quantitative estimate of drug-likeness (QED) is 0.340. The average molecular weight is 443 g/mol. The van der Waals surface area contributed by atoms with Gasteiger partial charge in [-0.1, -0.05) is 57.8 Å². The van der Waals surface area contributed by atoms with Gasteiger partial charge < -0.3 is 4.79 Å². The van der Waals surface area contributed by atoms with Gasteiger partial charge in [0.1, 0.15) is 6.29 Å². The molecule has 162 valence electrons. The van der Waals surface area contributed by atoms with E-state index in [2.05, 4.69) is 11.4 Å². The van der Waals surface area contributed by atoms with Gasteiger partial charge in [0.2, 0.25) is 0 Å². The Kier molecular flexibility index (Phi) is 11.3. The molecular formula is C19H29F3O4S2. The fourth-order valence-electron chi connectivity index (χ4n) is 3.39. The SMILES string of the molecule is C1CCCCC1.O=CCc1ccsc1C1CCCCC1.O=S(=O)(O)C(F)(F)F. The maximum atomic E-state index is 10.7. The van der Waals surface area contributed by atoms with E-state index in [1.165, 1.54) is 81.1 Å². The smallest absolute Gasteiger partial charge is 0.303 e. The summed E-state index contributed by atoms with van der Waals surface area (Å²) < 4.78 is 57.5. The molecule has 2 saturated carbocycles. The molecule has 0 aromatic carbocycles. The molecule has 4 nitrogen and oxygen atoms in total. The van der Waals surface area contributed by atoms with Crippen molar-refractivity contribution in [1.82, 2.24) is 0 Å². The highest BCUT2D eigenvalue weighted by atomic mass is 32.2. The van der Waals surface area contributed by atoms with E-state index in [-0.39, 0.29) is 0 Å². The van der Waals surface area contributed by atoms with Crippen LogP contribution in [-0.2, 0) is 21.3 Å². The first kappa shape index (κ1) is 25.1. The minimum Gasteiger partial charge on any atom is -0.303 e. The molecule has 2 aliphatic rings. The number of thiophene rings is 1. The molecule has 2 fully saturated rings. The molecule has 0 amide bonds. The maximum Gasteiger partial charge on any atom is 0.522 e. The molecule has 0 unspecified atom stereocenters. The molecule has 0 bridgehead atoms. The number of hydrogen-bond donors (Lipinski definition) is 1. The van der Waals surface area contributed by atoms with Crippen LogP contribution in [0.1, 0.15) is 87.0 Å². The summed E-state index contributed by atoms with van der Waals surface area (Å²) in [6.07, 6.45) is 17.4. The third-order valence-corrected chi connectivity index (χ3v) is 6.56. The van der Waals surface area contributed by atoms with Gasteiger partial charge in [-0.15, -0.1) is 11.3 Å². The summed E-state index contributed by atoms with van der Waals surface area (Å²) in [5.74, 6) is 0.749. The molecule has 0 spiro atoms. The molecule has 0 saturated heterocycles. The lowest BCUT2D eigenvalue weighted by molar-refractivity contribution is -0.107. The van der Waals surface area contributed by atoms with Crippen molar-refractivity contribution in [3.05, 3.63) is 21.9 Å². The van der Waals surface area contributed by atoms with Gasteiger partial charge in [0.05, 0.1) is 0 Å². The van der Waals surface area contributed by atoms with Crippen molar-refractivity contribution < 1.29 is 30.9 Å². The fraction of sp³-hybridized carbons (Fsp3) is 0.737. The minimum absolute atomic E-state index is 0.606. The zero-order valence-corrected chi connectivity index (χ0v) is 17.6. The zero-order chi connectivity index (χ0) is 21.0. The second kappa shape index (κ2) is 12.6. The van der Waals surface area contributed by atoms with Crippen LogP contribution in [0.25, 0.3) is 0 Å². The molecule has 9 heteroatoms. The van der Waals surface area contributed by atoms with E-state index in [9.17, 15) is 18.0 Å². The number of rotatable bonds is 3. The van der Waals surface area contributed by atoms with Gasteiger partial charge in [0, 0.05) is 11.3 Å². The van der Waals surface area contributed by atoms with E-state index in [1.54, 1.807) is 0 Å². The molecule has 0 atom stereocenters. The standard InChI is InChI=1S/C12H16OS.C6H12.CHF3O3S/c13-8-6-11-7-9-14-12(11)10-4-2-1-3-5-10;1-2-4-6-5-3-1;2-1(3,4)8(5,6)7/h7-10H,1-6H2;1-6H2;(H,5,6,7). The summed E-state index contributed by atoms with van der Waals surface area (Å²) in [6.45, 7) is 0. The Labute approximate surface area is 169 Å². The monoisotopic (exact) mass is 442 g/mol. The van der Waals surface area contributed by atoms with Gasteiger partial charge in [0.15, 0.2) is 0 Å². The highest BCUT2D eigenvalue weighted by Crippen LogP contribution is 2.37. The Morgan fingerprint density at radius 2 is 1.43 bits per heavy atom. The molecule has 0 radical (unpaired) electrons. The summed E-state index contributed by atoms with van der Waals surface area (Å²) in [7, 11) is -5.84. The van der Waals surface area contributed by atoms with E-state index in [4.69, 9.17) is 13.0 Å². The predicted molar refractivity (Wildman–Crippen MR) is 105 cm³/mol. The van der Waals surface area contributed by atoms with Gasteiger partial charge in [-0.25, -0.2) is 0 Å². The first-order valence-corrected chi connectivity index (χ1v) is 12.0. The van der Waals surface area contributed by atoms with E-state index in [1.807, 2.05) is 11.3 Å². The first-order valence-electron chi connectivity index (χ1n) is 9.70. The van der Waals surface area contributed by atoms with Gasteiger partial charge in [-0.2, -0.15) is 21.6 Å². The van der Waals surface area contributed by atoms with Crippen LogP contribution < -0.4 is 0 Å². The highest BCUT2D eigenvalue weighted by molar-refractivity contribution is 7.86. The second-order valence-electron chi connectivity index (χ2n) is 7.06. The van der Waals surface area contributed by atoms with Crippen LogP contribution in [0.3, 0.4) is 0 Å². The van der Waals surface area contributed by atoms with Crippen molar-refractivity contribution >= 4 is 27.7 Å². The van der Waals surface area contributed by atoms with Gasteiger partial charge in [-0.05, 0) is 35.8 Å². The molecule has 0 aliphatic heterocycles.